The first-order valence-electron chi connectivity index (χ1n) is 2.07. The highest BCUT2D eigenvalue weighted by Crippen LogP contribution is 1.78. The Morgan fingerprint density at radius 1 is 1.88 bits per heavy atom. The Morgan fingerprint density at radius 3 is 2.38 bits per heavy atom. The van der Waals surface area contributed by atoms with Crippen LogP contribution in [0.25, 0.3) is 0 Å². The predicted molar refractivity (Wildman–Crippen MR) is 30.1 cm³/mol. The molecule has 0 atom stereocenters. The second kappa shape index (κ2) is 2.96. The normalized spacial score (nSPS) is 10.9. The standard InChI is InChI=1S/C5H7NO2/c1-3-5(6-8)4(2)7/h3,8H,1H2,2H3/b6-5+. The molecule has 0 radical (unpaired) electrons. The molecule has 0 aliphatic rings. The molecule has 0 saturated heterocycles. The Hall–Kier alpha value is -1.12. The fourth-order valence-corrected chi connectivity index (χ4v) is 0.255. The Kier molecular flexibility index (Phi) is 2.54. The van der Waals surface area contributed by atoms with Crippen molar-refractivity contribution in [3.63, 3.8) is 0 Å². The van der Waals surface area contributed by atoms with Crippen LogP contribution in [0.2, 0.25) is 0 Å². The van der Waals surface area contributed by atoms with Gasteiger partial charge in [0.05, 0.1) is 0 Å². The van der Waals surface area contributed by atoms with Crippen molar-refractivity contribution in [2.24, 2.45) is 5.16 Å². The van der Waals surface area contributed by atoms with E-state index in [0.717, 1.165) is 0 Å². The third-order valence-corrected chi connectivity index (χ3v) is 0.662. The molecule has 0 aliphatic heterocycles. The predicted octanol–water partition coefficient (Wildman–Crippen LogP) is 0.592. The van der Waals surface area contributed by atoms with E-state index in [2.05, 4.69) is 11.7 Å². The third-order valence-electron chi connectivity index (χ3n) is 0.662. The molecule has 0 spiro atoms. The Morgan fingerprint density at radius 2 is 2.38 bits per heavy atom. The van der Waals surface area contributed by atoms with Gasteiger partial charge in [-0.3, -0.25) is 4.79 Å². The molecule has 3 heteroatoms. The number of hydrogen-bond acceptors (Lipinski definition) is 3. The van der Waals surface area contributed by atoms with Gasteiger partial charge in [-0.2, -0.15) is 0 Å². The smallest absolute Gasteiger partial charge is 0.181 e. The van der Waals surface area contributed by atoms with Gasteiger partial charge in [-0.05, 0) is 6.08 Å². The first kappa shape index (κ1) is 6.88. The molecule has 3 nitrogen and oxygen atoms in total. The fourth-order valence-electron chi connectivity index (χ4n) is 0.255. The first-order chi connectivity index (χ1) is 3.72. The third kappa shape index (κ3) is 1.55. The second-order valence-electron chi connectivity index (χ2n) is 1.25. The lowest BCUT2D eigenvalue weighted by molar-refractivity contribution is -0.111. The number of hydrogen-bond donors (Lipinski definition) is 1. The van der Waals surface area contributed by atoms with Crippen LogP contribution in [-0.4, -0.2) is 16.7 Å². The lowest BCUT2D eigenvalue weighted by Gasteiger charge is -1.84. The van der Waals surface area contributed by atoms with Crippen molar-refractivity contribution in [3.8, 4) is 0 Å². The minimum Gasteiger partial charge on any atom is -0.410 e. The van der Waals surface area contributed by atoms with Crippen LogP contribution in [0.3, 0.4) is 0 Å². The molecule has 0 unspecified atom stereocenters. The first-order valence-corrected chi connectivity index (χ1v) is 2.07. The van der Waals surface area contributed by atoms with Crippen LogP contribution in [0.1, 0.15) is 6.92 Å². The van der Waals surface area contributed by atoms with Crippen molar-refractivity contribution in [3.05, 3.63) is 12.7 Å². The zero-order chi connectivity index (χ0) is 6.57. The molecular weight excluding hydrogens is 106 g/mol. The van der Waals surface area contributed by atoms with E-state index in [1.807, 2.05) is 0 Å². The molecule has 1 N–H and O–H groups in total. The maximum atomic E-state index is 10.2. The Bertz CT molecular complexity index is 137. The van der Waals surface area contributed by atoms with Crippen molar-refractivity contribution in [1.29, 1.82) is 0 Å². The average molecular weight is 113 g/mol. The van der Waals surface area contributed by atoms with Gasteiger partial charge in [0.25, 0.3) is 0 Å². The van der Waals surface area contributed by atoms with E-state index in [1.165, 1.54) is 13.0 Å². The molecule has 0 saturated carbocycles. The van der Waals surface area contributed by atoms with Gasteiger partial charge in [0, 0.05) is 6.92 Å². The molecule has 0 aromatic heterocycles. The van der Waals surface area contributed by atoms with Crippen LogP contribution in [0.5, 0.6) is 0 Å². The molecule has 44 valence electrons. The number of nitrogens with zero attached hydrogens (tertiary/aromatic N) is 1. The van der Waals surface area contributed by atoms with Crippen LogP contribution >= 0.6 is 0 Å². The molecule has 0 rings (SSSR count). The van der Waals surface area contributed by atoms with E-state index in [0.29, 0.717) is 0 Å². The summed E-state index contributed by atoms with van der Waals surface area (Å²) in [7, 11) is 0. The highest BCUT2D eigenvalue weighted by atomic mass is 16.4. The van der Waals surface area contributed by atoms with Crippen LogP contribution in [0.4, 0.5) is 0 Å². The van der Waals surface area contributed by atoms with Crippen LogP contribution in [0.15, 0.2) is 17.8 Å². The summed E-state index contributed by atoms with van der Waals surface area (Å²) in [6, 6.07) is 0. The average Bonchev–Trinajstić information content (AvgIpc) is 1.69. The van der Waals surface area contributed by atoms with Crippen LogP contribution in [-0.2, 0) is 4.79 Å². The summed E-state index contributed by atoms with van der Waals surface area (Å²) in [5, 5.41) is 10.6. The number of carbonyl (C=O) groups is 1. The summed E-state index contributed by atoms with van der Waals surface area (Å²) < 4.78 is 0. The van der Waals surface area contributed by atoms with Gasteiger partial charge >= 0.3 is 0 Å². The molecule has 0 aromatic rings. The van der Waals surface area contributed by atoms with Gasteiger partial charge in [-0.1, -0.05) is 11.7 Å². The molecule has 0 heterocycles. The summed E-state index contributed by atoms with van der Waals surface area (Å²) in [5.74, 6) is -0.289. The molecule has 0 bridgehead atoms. The number of oxime groups is 1. The molecule has 8 heavy (non-hydrogen) atoms. The van der Waals surface area contributed by atoms with Gasteiger partial charge in [-0.15, -0.1) is 0 Å². The lowest BCUT2D eigenvalue weighted by atomic mass is 10.3. The zero-order valence-corrected chi connectivity index (χ0v) is 4.59. The van der Waals surface area contributed by atoms with Gasteiger partial charge in [0.15, 0.2) is 5.78 Å². The topological polar surface area (TPSA) is 49.7 Å². The van der Waals surface area contributed by atoms with Gasteiger partial charge < -0.3 is 5.21 Å². The van der Waals surface area contributed by atoms with Crippen LogP contribution < -0.4 is 0 Å². The lowest BCUT2D eigenvalue weighted by Crippen LogP contribution is -2.04. The van der Waals surface area contributed by atoms with Crippen molar-refractivity contribution in [1.82, 2.24) is 0 Å². The second-order valence-corrected chi connectivity index (χ2v) is 1.25. The van der Waals surface area contributed by atoms with Gasteiger partial charge in [0.1, 0.15) is 5.71 Å². The SMILES string of the molecule is C=C/C(=N\O)C(C)=O. The summed E-state index contributed by atoms with van der Waals surface area (Å²) in [4.78, 5) is 10.2. The van der Waals surface area contributed by atoms with E-state index >= 15 is 0 Å². The maximum Gasteiger partial charge on any atom is 0.181 e. The maximum absolute atomic E-state index is 10.2. The van der Waals surface area contributed by atoms with E-state index in [1.54, 1.807) is 0 Å². The van der Waals surface area contributed by atoms with Crippen molar-refractivity contribution in [2.45, 2.75) is 6.92 Å². The minimum absolute atomic E-state index is 0.00926. The summed E-state index contributed by atoms with van der Waals surface area (Å²) in [6.45, 7) is 4.54. The quantitative estimate of drug-likeness (QED) is 0.323. The number of ketones is 1. The van der Waals surface area contributed by atoms with Gasteiger partial charge in [-0.25, -0.2) is 0 Å². The van der Waals surface area contributed by atoms with E-state index in [4.69, 9.17) is 5.21 Å². The highest BCUT2D eigenvalue weighted by molar-refractivity contribution is 6.43. The number of rotatable bonds is 2. The summed E-state index contributed by atoms with van der Waals surface area (Å²) >= 11 is 0. The summed E-state index contributed by atoms with van der Waals surface area (Å²) in [6.07, 6.45) is 1.20. The molecular formula is C5H7NO2. The zero-order valence-electron chi connectivity index (χ0n) is 4.59. The molecule has 0 aromatic carbocycles. The minimum atomic E-state index is -0.289. The van der Waals surface area contributed by atoms with Crippen molar-refractivity contribution < 1.29 is 10.0 Å². The van der Waals surface area contributed by atoms with Gasteiger partial charge in [0.2, 0.25) is 0 Å². The van der Waals surface area contributed by atoms with Crippen LogP contribution in [0, 0.1) is 0 Å². The number of carbonyl (C=O) groups excluding carboxylic acids is 1. The fraction of sp³-hybridized carbons (Fsp3) is 0.200. The Balaban J connectivity index is 4.13. The molecule has 0 aliphatic carbocycles. The van der Waals surface area contributed by atoms with E-state index < -0.39 is 0 Å². The largest absolute Gasteiger partial charge is 0.410 e. The van der Waals surface area contributed by atoms with E-state index in [9.17, 15) is 4.79 Å². The van der Waals surface area contributed by atoms with Crippen molar-refractivity contribution >= 4 is 11.5 Å². The molecule has 0 amide bonds. The molecule has 0 fully saturated rings. The number of allylic oxidation sites excluding steroid dienone is 1. The summed E-state index contributed by atoms with van der Waals surface area (Å²) in [5.41, 5.74) is -0.00926. The highest BCUT2D eigenvalue weighted by Gasteiger charge is 1.97. The number of Topliss-reactive ketones (excluding diaryl/α,β-unsaturated/α-hetero) is 1. The van der Waals surface area contributed by atoms with Crippen molar-refractivity contribution in [2.75, 3.05) is 0 Å². The van der Waals surface area contributed by atoms with E-state index in [-0.39, 0.29) is 11.5 Å². The Labute approximate surface area is 47.3 Å². The monoisotopic (exact) mass is 113 g/mol.